The van der Waals surface area contributed by atoms with Gasteiger partial charge in [-0.3, -0.25) is 9.78 Å². The van der Waals surface area contributed by atoms with Crippen LogP contribution in [0.15, 0.2) is 64.8 Å². The van der Waals surface area contributed by atoms with Crippen molar-refractivity contribution in [2.45, 2.75) is 13.0 Å². The molecule has 0 bridgehead atoms. The van der Waals surface area contributed by atoms with Crippen molar-refractivity contribution in [1.29, 1.82) is 0 Å². The lowest BCUT2D eigenvalue weighted by atomic mass is 10.1. The first kappa shape index (κ1) is 15.5. The molecule has 0 fully saturated rings. The second kappa shape index (κ2) is 6.49. The molecule has 0 saturated heterocycles. The van der Waals surface area contributed by atoms with E-state index in [-0.39, 0.29) is 5.91 Å². The number of fused-ring (bicyclic) bond motifs is 1. The molecule has 1 atom stereocenters. The average Bonchev–Trinajstić information content (AvgIpc) is 3.26. The smallest absolute Gasteiger partial charge is 0.264 e. The predicted molar refractivity (Wildman–Crippen MR) is 96.6 cm³/mol. The van der Waals surface area contributed by atoms with E-state index in [4.69, 9.17) is 4.42 Å². The zero-order valence-electron chi connectivity index (χ0n) is 13.5. The molecule has 0 spiro atoms. The van der Waals surface area contributed by atoms with Gasteiger partial charge in [0.1, 0.15) is 22.3 Å². The van der Waals surface area contributed by atoms with Crippen LogP contribution in [0.1, 0.15) is 32.7 Å². The number of pyridine rings is 1. The Labute approximate surface area is 148 Å². The molecule has 0 unspecified atom stereocenters. The number of nitrogens with zero attached hydrogens (tertiary/aromatic N) is 2. The van der Waals surface area contributed by atoms with Gasteiger partial charge in [0.25, 0.3) is 5.91 Å². The topological polar surface area (TPSA) is 68.0 Å². The van der Waals surface area contributed by atoms with Gasteiger partial charge in [-0.1, -0.05) is 24.3 Å². The molecule has 1 amide bonds. The van der Waals surface area contributed by atoms with Crippen LogP contribution in [-0.4, -0.2) is 15.9 Å². The summed E-state index contributed by atoms with van der Waals surface area (Å²) in [5, 5.41) is 4.05. The number of carbonyl (C=O) groups excluding carboxylic acids is 1. The molecule has 6 heteroatoms. The van der Waals surface area contributed by atoms with E-state index >= 15 is 0 Å². The summed E-state index contributed by atoms with van der Waals surface area (Å²) in [6.45, 7) is 1.83. The molecule has 1 aromatic carbocycles. The molecule has 4 aromatic rings. The maximum atomic E-state index is 12.7. The van der Waals surface area contributed by atoms with E-state index in [0.29, 0.717) is 10.6 Å². The molecule has 5 nitrogen and oxygen atoms in total. The number of hydrogen-bond donors (Lipinski definition) is 1. The molecule has 0 aliphatic rings. The molecule has 3 aromatic heterocycles. The van der Waals surface area contributed by atoms with E-state index < -0.39 is 6.04 Å². The van der Waals surface area contributed by atoms with Crippen LogP contribution in [0, 0.1) is 6.92 Å². The number of thiazole rings is 1. The van der Waals surface area contributed by atoms with E-state index in [2.05, 4.69) is 15.3 Å². The largest absolute Gasteiger partial charge is 0.459 e. The highest BCUT2D eigenvalue weighted by molar-refractivity contribution is 7.11. The van der Waals surface area contributed by atoms with Crippen LogP contribution in [0.2, 0.25) is 0 Å². The molecular weight excluding hydrogens is 334 g/mol. The van der Waals surface area contributed by atoms with Crippen molar-refractivity contribution in [2.24, 2.45) is 0 Å². The number of benzene rings is 1. The number of nitrogens with one attached hydrogen (secondary N) is 1. The minimum absolute atomic E-state index is 0.172. The SMILES string of the molecule is Cc1ncsc1C(=O)N[C@@H](c1cccnc1)c1cc2ccccc2o1. The summed E-state index contributed by atoms with van der Waals surface area (Å²) in [5.74, 6) is 0.499. The minimum atomic E-state index is -0.421. The zero-order chi connectivity index (χ0) is 17.2. The van der Waals surface area contributed by atoms with Crippen molar-refractivity contribution in [3.63, 3.8) is 0 Å². The molecule has 0 radical (unpaired) electrons. The van der Waals surface area contributed by atoms with Gasteiger partial charge in [-0.05, 0) is 25.1 Å². The number of aromatic nitrogens is 2. The van der Waals surface area contributed by atoms with Gasteiger partial charge in [0.05, 0.1) is 11.2 Å². The van der Waals surface area contributed by atoms with Gasteiger partial charge in [0, 0.05) is 23.3 Å². The van der Waals surface area contributed by atoms with Gasteiger partial charge in [0.15, 0.2) is 0 Å². The van der Waals surface area contributed by atoms with E-state index in [0.717, 1.165) is 22.2 Å². The van der Waals surface area contributed by atoms with Crippen LogP contribution in [0.3, 0.4) is 0 Å². The highest BCUT2D eigenvalue weighted by atomic mass is 32.1. The maximum absolute atomic E-state index is 12.7. The van der Waals surface area contributed by atoms with Crippen molar-refractivity contribution in [1.82, 2.24) is 15.3 Å². The number of furan rings is 1. The number of rotatable bonds is 4. The number of amides is 1. The fourth-order valence-electron chi connectivity index (χ4n) is 2.73. The van der Waals surface area contributed by atoms with E-state index in [1.807, 2.05) is 49.4 Å². The molecular formula is C19H15N3O2S. The standard InChI is InChI=1S/C19H15N3O2S/c1-12-18(25-11-21-12)19(23)22-17(14-6-4-8-20-10-14)16-9-13-5-2-3-7-15(13)24-16/h2-11,17H,1H3,(H,22,23)/t17-/m0/s1. The number of carbonyl (C=O) groups is 1. The summed E-state index contributed by atoms with van der Waals surface area (Å²) in [6.07, 6.45) is 3.44. The van der Waals surface area contributed by atoms with Gasteiger partial charge >= 0.3 is 0 Å². The summed E-state index contributed by atoms with van der Waals surface area (Å²) in [6, 6.07) is 13.1. The summed E-state index contributed by atoms with van der Waals surface area (Å²) < 4.78 is 5.98. The molecule has 0 aliphatic carbocycles. The van der Waals surface area contributed by atoms with Gasteiger partial charge < -0.3 is 9.73 Å². The van der Waals surface area contributed by atoms with Crippen molar-refractivity contribution >= 4 is 28.2 Å². The van der Waals surface area contributed by atoms with Crippen molar-refractivity contribution in [3.05, 3.63) is 82.3 Å². The fraction of sp³-hybridized carbons (Fsp3) is 0.105. The zero-order valence-corrected chi connectivity index (χ0v) is 14.3. The Morgan fingerprint density at radius 2 is 2.12 bits per heavy atom. The molecule has 124 valence electrons. The Bertz CT molecular complexity index is 990. The molecule has 4 rings (SSSR count). The number of para-hydroxylation sites is 1. The van der Waals surface area contributed by atoms with Crippen LogP contribution in [0.4, 0.5) is 0 Å². The molecule has 3 heterocycles. The van der Waals surface area contributed by atoms with Gasteiger partial charge in [0.2, 0.25) is 0 Å². The molecule has 25 heavy (non-hydrogen) atoms. The quantitative estimate of drug-likeness (QED) is 0.602. The highest BCUT2D eigenvalue weighted by Gasteiger charge is 2.23. The first-order valence-corrected chi connectivity index (χ1v) is 8.69. The van der Waals surface area contributed by atoms with Crippen LogP contribution in [-0.2, 0) is 0 Å². The fourth-order valence-corrected chi connectivity index (χ4v) is 3.43. The number of aryl methyl sites for hydroxylation is 1. The van der Waals surface area contributed by atoms with Crippen LogP contribution in [0.25, 0.3) is 11.0 Å². The van der Waals surface area contributed by atoms with Gasteiger partial charge in [-0.25, -0.2) is 4.98 Å². The third kappa shape index (κ3) is 3.04. The minimum Gasteiger partial charge on any atom is -0.459 e. The van der Waals surface area contributed by atoms with E-state index in [9.17, 15) is 4.79 Å². The second-order valence-electron chi connectivity index (χ2n) is 5.65. The summed E-state index contributed by atoms with van der Waals surface area (Å²) in [5.41, 5.74) is 4.04. The third-order valence-electron chi connectivity index (χ3n) is 3.97. The van der Waals surface area contributed by atoms with Crippen LogP contribution >= 0.6 is 11.3 Å². The molecule has 0 aliphatic heterocycles. The average molecular weight is 349 g/mol. The summed E-state index contributed by atoms with van der Waals surface area (Å²) in [4.78, 5) is 21.6. The third-order valence-corrected chi connectivity index (χ3v) is 4.90. The van der Waals surface area contributed by atoms with Gasteiger partial charge in [-0.15, -0.1) is 11.3 Å². The lowest BCUT2D eigenvalue weighted by Gasteiger charge is -2.16. The lowest BCUT2D eigenvalue weighted by molar-refractivity contribution is 0.0942. The Morgan fingerprint density at radius 1 is 1.24 bits per heavy atom. The second-order valence-corrected chi connectivity index (χ2v) is 6.50. The Hall–Kier alpha value is -2.99. The van der Waals surface area contributed by atoms with Crippen molar-refractivity contribution in [3.8, 4) is 0 Å². The van der Waals surface area contributed by atoms with Crippen LogP contribution < -0.4 is 5.32 Å². The maximum Gasteiger partial charge on any atom is 0.264 e. The van der Waals surface area contributed by atoms with Crippen molar-refractivity contribution < 1.29 is 9.21 Å². The monoisotopic (exact) mass is 349 g/mol. The first-order valence-electron chi connectivity index (χ1n) is 7.82. The Kier molecular flexibility index (Phi) is 4.03. The normalized spacial score (nSPS) is 12.2. The summed E-state index contributed by atoms with van der Waals surface area (Å²) >= 11 is 1.33. The van der Waals surface area contributed by atoms with Crippen LogP contribution in [0.5, 0.6) is 0 Å². The van der Waals surface area contributed by atoms with E-state index in [1.165, 1.54) is 11.3 Å². The number of hydrogen-bond acceptors (Lipinski definition) is 5. The Balaban J connectivity index is 1.74. The van der Waals surface area contributed by atoms with Crippen molar-refractivity contribution in [2.75, 3.05) is 0 Å². The molecule has 0 saturated carbocycles. The summed E-state index contributed by atoms with van der Waals surface area (Å²) in [7, 11) is 0. The lowest BCUT2D eigenvalue weighted by Crippen LogP contribution is -2.29. The molecule has 1 N–H and O–H groups in total. The highest BCUT2D eigenvalue weighted by Crippen LogP contribution is 2.28. The van der Waals surface area contributed by atoms with E-state index in [1.54, 1.807) is 17.9 Å². The van der Waals surface area contributed by atoms with Gasteiger partial charge in [-0.2, -0.15) is 0 Å². The predicted octanol–water partition coefficient (Wildman–Crippen LogP) is 4.11. The Morgan fingerprint density at radius 3 is 2.84 bits per heavy atom. The first-order chi connectivity index (χ1) is 12.2.